The Hall–Kier alpha value is -0.410. The van der Waals surface area contributed by atoms with E-state index in [1.54, 1.807) is 13.1 Å². The molecule has 1 fully saturated rings. The molecule has 3 atom stereocenters. The van der Waals surface area contributed by atoms with E-state index in [9.17, 15) is 8.60 Å². The van der Waals surface area contributed by atoms with Crippen molar-refractivity contribution in [1.82, 2.24) is 10.6 Å². The summed E-state index contributed by atoms with van der Waals surface area (Å²) in [6.45, 7) is 6.71. The molecule has 2 rings (SSSR count). The van der Waals surface area contributed by atoms with E-state index in [4.69, 9.17) is 11.6 Å². The van der Waals surface area contributed by atoms with Crippen LogP contribution in [0.5, 0.6) is 0 Å². The van der Waals surface area contributed by atoms with Crippen LogP contribution in [0.15, 0.2) is 23.2 Å². The summed E-state index contributed by atoms with van der Waals surface area (Å²) >= 11 is 6.24. The molecule has 8 heteroatoms. The SMILES string of the molecule is CCS(=O)C1CCCC(NC(=NC)NCC(C)(C)c2ccc(F)cc2Cl)C1.I. The van der Waals surface area contributed by atoms with Crippen molar-refractivity contribution in [3.63, 3.8) is 0 Å². The van der Waals surface area contributed by atoms with Gasteiger partial charge in [-0.05, 0) is 37.0 Å². The van der Waals surface area contributed by atoms with Gasteiger partial charge in [-0.25, -0.2) is 4.39 Å². The van der Waals surface area contributed by atoms with Crippen LogP contribution in [0, 0.1) is 5.82 Å². The van der Waals surface area contributed by atoms with Gasteiger partial charge in [-0.3, -0.25) is 9.20 Å². The van der Waals surface area contributed by atoms with E-state index in [2.05, 4.69) is 29.5 Å². The van der Waals surface area contributed by atoms with Crippen LogP contribution in [0.25, 0.3) is 0 Å². The zero-order chi connectivity index (χ0) is 20.0. The molecule has 0 spiro atoms. The van der Waals surface area contributed by atoms with Gasteiger partial charge in [0.2, 0.25) is 0 Å². The fourth-order valence-electron chi connectivity index (χ4n) is 3.58. The fourth-order valence-corrected chi connectivity index (χ4v) is 5.35. The average Bonchev–Trinajstić information content (AvgIpc) is 2.64. The fraction of sp³-hybridized carbons (Fsp3) is 0.650. The average molecular weight is 544 g/mol. The molecule has 160 valence electrons. The molecule has 0 saturated heterocycles. The highest BCUT2D eigenvalue weighted by molar-refractivity contribution is 14.0. The minimum absolute atomic E-state index is 0. The zero-order valence-electron chi connectivity index (χ0n) is 17.1. The first-order valence-corrected chi connectivity index (χ1v) is 11.3. The van der Waals surface area contributed by atoms with E-state index in [1.807, 2.05) is 6.92 Å². The molecule has 1 saturated carbocycles. The second-order valence-corrected chi connectivity index (χ2v) is 10.1. The molecule has 1 aliphatic rings. The molecule has 0 heterocycles. The Bertz CT molecular complexity index is 702. The number of hydrogen-bond donors (Lipinski definition) is 2. The highest BCUT2D eigenvalue weighted by Crippen LogP contribution is 2.30. The second-order valence-electron chi connectivity index (χ2n) is 7.73. The van der Waals surface area contributed by atoms with Gasteiger partial charge in [0.05, 0.1) is 0 Å². The second kappa shape index (κ2) is 11.7. The maximum atomic E-state index is 13.3. The molecular formula is C20H32ClFIN3OS. The maximum Gasteiger partial charge on any atom is 0.191 e. The van der Waals surface area contributed by atoms with Crippen molar-refractivity contribution < 1.29 is 8.60 Å². The molecule has 0 aliphatic heterocycles. The van der Waals surface area contributed by atoms with E-state index in [-0.39, 0.29) is 46.5 Å². The predicted octanol–water partition coefficient (Wildman–Crippen LogP) is 4.62. The van der Waals surface area contributed by atoms with E-state index >= 15 is 0 Å². The van der Waals surface area contributed by atoms with Gasteiger partial charge in [0.25, 0.3) is 0 Å². The summed E-state index contributed by atoms with van der Waals surface area (Å²) in [5.74, 6) is 1.12. The van der Waals surface area contributed by atoms with E-state index in [0.29, 0.717) is 11.6 Å². The van der Waals surface area contributed by atoms with Crippen LogP contribution in [-0.2, 0) is 16.2 Å². The van der Waals surface area contributed by atoms with Gasteiger partial charge in [0.1, 0.15) is 5.82 Å². The first kappa shape index (κ1) is 25.6. The number of nitrogens with zero attached hydrogens (tertiary/aromatic N) is 1. The monoisotopic (exact) mass is 543 g/mol. The van der Waals surface area contributed by atoms with Gasteiger partial charge in [0.15, 0.2) is 5.96 Å². The van der Waals surface area contributed by atoms with Crippen molar-refractivity contribution in [2.24, 2.45) is 4.99 Å². The number of hydrogen-bond acceptors (Lipinski definition) is 2. The molecule has 2 N–H and O–H groups in total. The van der Waals surface area contributed by atoms with E-state index < -0.39 is 10.8 Å². The van der Waals surface area contributed by atoms with Gasteiger partial charge in [-0.15, -0.1) is 24.0 Å². The summed E-state index contributed by atoms with van der Waals surface area (Å²) in [6, 6.07) is 4.80. The third-order valence-corrected chi connectivity index (χ3v) is 7.26. The first-order chi connectivity index (χ1) is 12.8. The molecular weight excluding hydrogens is 512 g/mol. The van der Waals surface area contributed by atoms with Crippen LogP contribution in [0.1, 0.15) is 52.0 Å². The number of nitrogens with one attached hydrogen (secondary N) is 2. The summed E-state index contributed by atoms with van der Waals surface area (Å²) in [5.41, 5.74) is 0.603. The van der Waals surface area contributed by atoms with Crippen molar-refractivity contribution in [2.45, 2.75) is 63.2 Å². The standard InChI is InChI=1S/C20H31ClFN3OS.HI/c1-5-27(26)16-8-6-7-15(12-16)25-19(23-4)24-13-20(2,3)17-10-9-14(22)11-18(17)21;/h9-11,15-16H,5-8,12-13H2,1-4H3,(H2,23,24,25);1H. The van der Waals surface area contributed by atoms with Gasteiger partial charge < -0.3 is 10.6 Å². The molecule has 1 aromatic carbocycles. The van der Waals surface area contributed by atoms with Crippen LogP contribution >= 0.6 is 35.6 Å². The normalized spacial score (nSPS) is 21.6. The smallest absolute Gasteiger partial charge is 0.191 e. The Kier molecular flexibility index (Phi) is 10.7. The largest absolute Gasteiger partial charge is 0.356 e. The summed E-state index contributed by atoms with van der Waals surface area (Å²) in [7, 11) is 1.00. The van der Waals surface area contributed by atoms with E-state index in [0.717, 1.165) is 43.0 Å². The highest BCUT2D eigenvalue weighted by atomic mass is 127. The van der Waals surface area contributed by atoms with Crippen molar-refractivity contribution in [3.8, 4) is 0 Å². The van der Waals surface area contributed by atoms with Crippen LogP contribution in [-0.4, -0.2) is 40.8 Å². The lowest BCUT2D eigenvalue weighted by Gasteiger charge is -2.32. The Morgan fingerprint density at radius 2 is 2.11 bits per heavy atom. The Morgan fingerprint density at radius 1 is 1.39 bits per heavy atom. The van der Waals surface area contributed by atoms with Crippen LogP contribution in [0.4, 0.5) is 4.39 Å². The van der Waals surface area contributed by atoms with Crippen molar-refractivity contribution in [3.05, 3.63) is 34.6 Å². The lowest BCUT2D eigenvalue weighted by Crippen LogP contribution is -2.49. The quantitative estimate of drug-likeness (QED) is 0.313. The number of guanidine groups is 1. The summed E-state index contributed by atoms with van der Waals surface area (Å²) < 4.78 is 25.5. The number of benzene rings is 1. The first-order valence-electron chi connectivity index (χ1n) is 9.56. The molecule has 0 bridgehead atoms. The molecule has 0 amide bonds. The molecule has 0 aromatic heterocycles. The summed E-state index contributed by atoms with van der Waals surface area (Å²) in [5, 5.41) is 7.54. The van der Waals surface area contributed by atoms with Crippen molar-refractivity contribution in [1.29, 1.82) is 0 Å². The molecule has 3 unspecified atom stereocenters. The predicted molar refractivity (Wildman–Crippen MR) is 129 cm³/mol. The lowest BCUT2D eigenvalue weighted by molar-refractivity contribution is 0.410. The number of rotatable bonds is 6. The lowest BCUT2D eigenvalue weighted by atomic mass is 9.84. The summed E-state index contributed by atoms with van der Waals surface area (Å²) in [6.07, 6.45) is 4.10. The molecule has 0 radical (unpaired) electrons. The van der Waals surface area contributed by atoms with Gasteiger partial charge in [-0.1, -0.05) is 44.9 Å². The van der Waals surface area contributed by atoms with Crippen LogP contribution in [0.2, 0.25) is 5.02 Å². The topological polar surface area (TPSA) is 53.5 Å². The van der Waals surface area contributed by atoms with Gasteiger partial charge >= 0.3 is 0 Å². The molecule has 1 aromatic rings. The van der Waals surface area contributed by atoms with Crippen LogP contribution in [0.3, 0.4) is 0 Å². The van der Waals surface area contributed by atoms with Gasteiger partial charge in [-0.2, -0.15) is 0 Å². The third-order valence-electron chi connectivity index (χ3n) is 5.20. The molecule has 1 aliphatic carbocycles. The number of aliphatic imine (C=N–C) groups is 1. The third kappa shape index (κ3) is 7.13. The van der Waals surface area contributed by atoms with E-state index in [1.165, 1.54) is 12.1 Å². The zero-order valence-corrected chi connectivity index (χ0v) is 21.0. The highest BCUT2D eigenvalue weighted by Gasteiger charge is 2.27. The minimum Gasteiger partial charge on any atom is -0.356 e. The summed E-state index contributed by atoms with van der Waals surface area (Å²) in [4.78, 5) is 4.33. The van der Waals surface area contributed by atoms with Crippen molar-refractivity contribution >= 4 is 52.3 Å². The number of halogens is 3. The maximum absolute atomic E-state index is 13.3. The Balaban J connectivity index is 0.00000392. The van der Waals surface area contributed by atoms with Crippen molar-refractivity contribution in [2.75, 3.05) is 19.3 Å². The minimum atomic E-state index is -0.744. The Morgan fingerprint density at radius 3 is 2.71 bits per heavy atom. The molecule has 4 nitrogen and oxygen atoms in total. The van der Waals surface area contributed by atoms with Crippen LogP contribution < -0.4 is 10.6 Å². The Labute approximate surface area is 193 Å². The van der Waals surface area contributed by atoms with Gasteiger partial charge in [0, 0.05) is 51.9 Å². The molecule has 28 heavy (non-hydrogen) atoms.